The molecule has 0 bridgehead atoms. The third-order valence-electron chi connectivity index (χ3n) is 4.47. The number of nitrogens with one attached hydrogen (secondary N) is 1. The quantitative estimate of drug-likeness (QED) is 0.894. The Morgan fingerprint density at radius 1 is 1.41 bits per heavy atom. The van der Waals surface area contributed by atoms with Gasteiger partial charge in [-0.05, 0) is 49.9 Å². The normalized spacial score (nSPS) is 17.5. The lowest BCUT2D eigenvalue weighted by atomic mass is 9.85. The van der Waals surface area contributed by atoms with Crippen molar-refractivity contribution in [3.05, 3.63) is 46.1 Å². The van der Waals surface area contributed by atoms with Crippen LogP contribution in [0.5, 0.6) is 0 Å². The van der Waals surface area contributed by atoms with Crippen LogP contribution in [0.15, 0.2) is 18.2 Å². The highest BCUT2D eigenvalue weighted by atomic mass is 16.4. The maximum Gasteiger partial charge on any atom is 0.335 e. The number of nitrogens with zero attached hydrogens (tertiary/aromatic N) is 2. The van der Waals surface area contributed by atoms with Crippen LogP contribution in [0.1, 0.15) is 51.5 Å². The molecule has 2 N–H and O–H groups in total. The first-order valence-electron chi connectivity index (χ1n) is 7.60. The SMILES string of the molecule is Cc1cc(C(=O)O)ccc1C1CCCNc2c1c(C)nn2C. The van der Waals surface area contributed by atoms with Crippen molar-refractivity contribution in [3.63, 3.8) is 0 Å². The zero-order chi connectivity index (χ0) is 15.9. The first-order chi connectivity index (χ1) is 10.5. The maximum atomic E-state index is 11.1. The number of carbonyl (C=O) groups is 1. The first kappa shape index (κ1) is 14.6. The Labute approximate surface area is 130 Å². The Balaban J connectivity index is 2.11. The third-order valence-corrected chi connectivity index (χ3v) is 4.47. The second-order valence-electron chi connectivity index (χ2n) is 5.97. The van der Waals surface area contributed by atoms with Gasteiger partial charge in [-0.25, -0.2) is 4.79 Å². The summed E-state index contributed by atoms with van der Waals surface area (Å²) < 4.78 is 1.91. The Hall–Kier alpha value is -2.30. The van der Waals surface area contributed by atoms with Gasteiger partial charge in [-0.3, -0.25) is 4.68 Å². The van der Waals surface area contributed by atoms with E-state index in [-0.39, 0.29) is 5.92 Å². The number of benzene rings is 1. The van der Waals surface area contributed by atoms with Crippen LogP contribution in [0.25, 0.3) is 0 Å². The second kappa shape index (κ2) is 5.48. The van der Waals surface area contributed by atoms with E-state index >= 15 is 0 Å². The largest absolute Gasteiger partial charge is 0.478 e. The van der Waals surface area contributed by atoms with Gasteiger partial charge in [0.2, 0.25) is 0 Å². The Morgan fingerprint density at radius 2 is 2.18 bits per heavy atom. The van der Waals surface area contributed by atoms with Gasteiger partial charge in [0.25, 0.3) is 0 Å². The van der Waals surface area contributed by atoms with E-state index in [1.54, 1.807) is 12.1 Å². The summed E-state index contributed by atoms with van der Waals surface area (Å²) in [7, 11) is 1.96. The standard InChI is InChI=1S/C17H21N3O2/c1-10-9-12(17(21)22)6-7-13(10)14-5-4-8-18-16-15(14)11(2)19-20(16)3/h6-7,9,14,18H,4-5,8H2,1-3H3,(H,21,22). The summed E-state index contributed by atoms with van der Waals surface area (Å²) in [4.78, 5) is 11.1. The van der Waals surface area contributed by atoms with Crippen molar-refractivity contribution in [1.82, 2.24) is 9.78 Å². The highest BCUT2D eigenvalue weighted by Crippen LogP contribution is 2.39. The van der Waals surface area contributed by atoms with Crippen LogP contribution in [0.3, 0.4) is 0 Å². The fourth-order valence-electron chi connectivity index (χ4n) is 3.47. The number of hydrogen-bond acceptors (Lipinski definition) is 3. The third kappa shape index (κ3) is 2.36. The molecule has 1 aromatic heterocycles. The molecule has 0 radical (unpaired) electrons. The van der Waals surface area contributed by atoms with E-state index in [0.29, 0.717) is 5.56 Å². The molecule has 3 rings (SSSR count). The zero-order valence-corrected chi connectivity index (χ0v) is 13.2. The predicted molar refractivity (Wildman–Crippen MR) is 85.7 cm³/mol. The molecule has 0 spiro atoms. The van der Waals surface area contributed by atoms with Crippen LogP contribution >= 0.6 is 0 Å². The summed E-state index contributed by atoms with van der Waals surface area (Å²) in [6.45, 7) is 4.97. The number of anilines is 1. The molecule has 22 heavy (non-hydrogen) atoms. The van der Waals surface area contributed by atoms with Crippen LogP contribution < -0.4 is 5.32 Å². The van der Waals surface area contributed by atoms with Crippen LogP contribution in [0.4, 0.5) is 5.82 Å². The number of aryl methyl sites for hydroxylation is 3. The lowest BCUT2D eigenvalue weighted by Crippen LogP contribution is -2.06. The van der Waals surface area contributed by atoms with E-state index in [2.05, 4.69) is 10.4 Å². The molecular formula is C17H21N3O2. The maximum absolute atomic E-state index is 11.1. The van der Waals surface area contributed by atoms with Crippen LogP contribution in [-0.2, 0) is 7.05 Å². The van der Waals surface area contributed by atoms with Crippen molar-refractivity contribution < 1.29 is 9.90 Å². The molecule has 1 aromatic carbocycles. The van der Waals surface area contributed by atoms with Gasteiger partial charge in [0.15, 0.2) is 0 Å². The molecule has 0 saturated heterocycles. The highest BCUT2D eigenvalue weighted by molar-refractivity contribution is 5.88. The summed E-state index contributed by atoms with van der Waals surface area (Å²) in [6.07, 6.45) is 2.12. The average Bonchev–Trinajstić information content (AvgIpc) is 2.65. The van der Waals surface area contributed by atoms with Crippen molar-refractivity contribution >= 4 is 11.8 Å². The molecule has 0 fully saturated rings. The van der Waals surface area contributed by atoms with Gasteiger partial charge in [-0.15, -0.1) is 0 Å². The Morgan fingerprint density at radius 3 is 2.86 bits per heavy atom. The van der Waals surface area contributed by atoms with Crippen molar-refractivity contribution in [2.75, 3.05) is 11.9 Å². The number of rotatable bonds is 2. The van der Waals surface area contributed by atoms with Gasteiger partial charge < -0.3 is 10.4 Å². The molecule has 5 heteroatoms. The van der Waals surface area contributed by atoms with E-state index < -0.39 is 5.97 Å². The van der Waals surface area contributed by atoms with Crippen LogP contribution in [0.2, 0.25) is 0 Å². The first-order valence-corrected chi connectivity index (χ1v) is 7.60. The zero-order valence-electron chi connectivity index (χ0n) is 13.2. The van der Waals surface area contributed by atoms with E-state index in [0.717, 1.165) is 36.5 Å². The molecular weight excluding hydrogens is 278 g/mol. The second-order valence-corrected chi connectivity index (χ2v) is 5.97. The van der Waals surface area contributed by atoms with E-state index in [4.69, 9.17) is 5.11 Å². The number of carboxylic acid groups (broad SMARTS) is 1. The highest BCUT2D eigenvalue weighted by Gasteiger charge is 2.27. The molecule has 2 heterocycles. The molecule has 5 nitrogen and oxygen atoms in total. The number of aromatic nitrogens is 2. The van der Waals surface area contributed by atoms with Crippen molar-refractivity contribution in [2.45, 2.75) is 32.6 Å². The minimum Gasteiger partial charge on any atom is -0.478 e. The molecule has 1 atom stereocenters. The van der Waals surface area contributed by atoms with E-state index in [1.165, 1.54) is 11.1 Å². The van der Waals surface area contributed by atoms with Gasteiger partial charge in [-0.2, -0.15) is 5.10 Å². The lowest BCUT2D eigenvalue weighted by molar-refractivity contribution is 0.0696. The van der Waals surface area contributed by atoms with Gasteiger partial charge in [0.1, 0.15) is 5.82 Å². The minimum atomic E-state index is -0.879. The Bertz CT molecular complexity index is 734. The van der Waals surface area contributed by atoms with E-state index in [9.17, 15) is 4.79 Å². The molecule has 116 valence electrons. The molecule has 2 aromatic rings. The van der Waals surface area contributed by atoms with E-state index in [1.807, 2.05) is 31.6 Å². The lowest BCUT2D eigenvalue weighted by Gasteiger charge is -2.19. The van der Waals surface area contributed by atoms with Crippen LogP contribution in [0, 0.1) is 13.8 Å². The summed E-state index contributed by atoms with van der Waals surface area (Å²) >= 11 is 0. The van der Waals surface area contributed by atoms with Crippen molar-refractivity contribution in [2.24, 2.45) is 7.05 Å². The number of hydrogen-bond donors (Lipinski definition) is 2. The molecule has 0 amide bonds. The summed E-state index contributed by atoms with van der Waals surface area (Å²) in [5.74, 6) is 0.471. The number of aromatic carboxylic acids is 1. The minimum absolute atomic E-state index is 0.265. The smallest absolute Gasteiger partial charge is 0.335 e. The molecule has 1 aliphatic rings. The fraction of sp³-hybridized carbons (Fsp3) is 0.412. The average molecular weight is 299 g/mol. The summed E-state index contributed by atoms with van der Waals surface area (Å²) in [5, 5.41) is 17.2. The monoisotopic (exact) mass is 299 g/mol. The molecule has 0 aliphatic carbocycles. The number of carboxylic acids is 1. The topological polar surface area (TPSA) is 67.2 Å². The van der Waals surface area contributed by atoms with Gasteiger partial charge in [0, 0.05) is 25.1 Å². The number of fused-ring (bicyclic) bond motifs is 1. The van der Waals surface area contributed by atoms with Crippen molar-refractivity contribution in [3.8, 4) is 0 Å². The summed E-state index contributed by atoms with van der Waals surface area (Å²) in [5.41, 5.74) is 4.85. The fourth-order valence-corrected chi connectivity index (χ4v) is 3.47. The molecule has 1 unspecified atom stereocenters. The molecule has 1 aliphatic heterocycles. The van der Waals surface area contributed by atoms with Gasteiger partial charge in [-0.1, -0.05) is 6.07 Å². The van der Waals surface area contributed by atoms with Gasteiger partial charge in [0.05, 0.1) is 11.3 Å². The summed E-state index contributed by atoms with van der Waals surface area (Å²) in [6, 6.07) is 5.43. The molecule has 0 saturated carbocycles. The Kier molecular flexibility index (Phi) is 3.64. The predicted octanol–water partition coefficient (Wildman–Crippen LogP) is 3.07. The van der Waals surface area contributed by atoms with Gasteiger partial charge >= 0.3 is 5.97 Å². The van der Waals surface area contributed by atoms with Crippen molar-refractivity contribution in [1.29, 1.82) is 0 Å². The van der Waals surface area contributed by atoms with Crippen LogP contribution in [-0.4, -0.2) is 27.4 Å².